The maximum Gasteiger partial charge on any atom is 0.210 e. The Balaban J connectivity index is 1.40. The van der Waals surface area contributed by atoms with Crippen LogP contribution in [-0.4, -0.2) is 63.9 Å². The van der Waals surface area contributed by atoms with E-state index >= 15 is 0 Å². The SMILES string of the molecule is CC[C@@]1([C@@]2(C)COCCN2C=O)CCc2c(sc3ncnc(Nc4cc5cn[nH]c5cc4OC)c23)C1. The van der Waals surface area contributed by atoms with Gasteiger partial charge in [0, 0.05) is 28.3 Å². The number of aryl methyl sites for hydroxylation is 1. The summed E-state index contributed by atoms with van der Waals surface area (Å²) in [6.07, 6.45) is 8.18. The number of rotatable bonds is 6. The van der Waals surface area contributed by atoms with E-state index in [0.717, 1.165) is 64.7 Å². The van der Waals surface area contributed by atoms with Gasteiger partial charge in [-0.1, -0.05) is 6.92 Å². The van der Waals surface area contributed by atoms with Crippen molar-refractivity contribution in [2.24, 2.45) is 5.41 Å². The normalized spacial score (nSPS) is 24.1. The van der Waals surface area contributed by atoms with Crippen LogP contribution in [0.5, 0.6) is 5.75 Å². The number of nitrogens with zero attached hydrogens (tertiary/aromatic N) is 4. The molecule has 6 rings (SSSR count). The van der Waals surface area contributed by atoms with E-state index in [1.165, 1.54) is 10.4 Å². The molecule has 1 amide bonds. The zero-order chi connectivity index (χ0) is 24.9. The first kappa shape index (κ1) is 23.2. The molecule has 9 nitrogen and oxygen atoms in total. The van der Waals surface area contributed by atoms with Crippen LogP contribution in [0.3, 0.4) is 0 Å². The molecular formula is C26H30N6O3S. The van der Waals surface area contributed by atoms with Gasteiger partial charge in [-0.25, -0.2) is 9.97 Å². The van der Waals surface area contributed by atoms with E-state index in [1.54, 1.807) is 31.0 Å². The number of thiophene rings is 1. The molecule has 3 aromatic heterocycles. The third-order valence-corrected chi connectivity index (χ3v) is 9.62. The Labute approximate surface area is 213 Å². The summed E-state index contributed by atoms with van der Waals surface area (Å²) >= 11 is 1.74. The van der Waals surface area contributed by atoms with Gasteiger partial charge in [0.2, 0.25) is 6.41 Å². The Kier molecular flexibility index (Phi) is 5.60. The molecule has 2 aliphatic rings. The number of benzene rings is 1. The molecule has 0 saturated carbocycles. The Morgan fingerprint density at radius 3 is 3.06 bits per heavy atom. The van der Waals surface area contributed by atoms with Gasteiger partial charge in [0.05, 0.1) is 48.6 Å². The summed E-state index contributed by atoms with van der Waals surface area (Å²) in [5.74, 6) is 1.50. The third kappa shape index (κ3) is 3.38. The predicted octanol–water partition coefficient (Wildman–Crippen LogP) is 4.45. The molecule has 4 aromatic rings. The number of fused-ring (bicyclic) bond motifs is 4. The molecule has 0 unspecified atom stereocenters. The van der Waals surface area contributed by atoms with Gasteiger partial charge in [-0.3, -0.25) is 9.89 Å². The molecule has 1 aliphatic heterocycles. The van der Waals surface area contributed by atoms with Crippen LogP contribution >= 0.6 is 11.3 Å². The van der Waals surface area contributed by atoms with E-state index in [-0.39, 0.29) is 11.0 Å². The Bertz CT molecular complexity index is 1450. The van der Waals surface area contributed by atoms with Crippen molar-refractivity contribution in [1.82, 2.24) is 25.1 Å². The van der Waals surface area contributed by atoms with Gasteiger partial charge >= 0.3 is 0 Å². The van der Waals surface area contributed by atoms with Crippen molar-refractivity contribution in [3.63, 3.8) is 0 Å². The molecule has 0 radical (unpaired) electrons. The zero-order valence-corrected chi connectivity index (χ0v) is 21.6. The van der Waals surface area contributed by atoms with Gasteiger partial charge in [0.1, 0.15) is 22.7 Å². The lowest BCUT2D eigenvalue weighted by Crippen LogP contribution is -2.65. The maximum atomic E-state index is 12.0. The standard InChI is InChI=1S/C26H30N6O3S/c1-4-26(25(2)13-35-8-7-32(25)15-33)6-5-17-21(11-26)36-24-22(17)23(27-14-28-24)30-19-9-16-12-29-31-18(16)10-20(19)34-3/h9-10,12,14-15H,4-8,11,13H2,1-3H3,(H,29,31)(H,27,28,30)/t25-,26-/m1/s1. The highest BCUT2D eigenvalue weighted by Gasteiger charge is 2.53. The van der Waals surface area contributed by atoms with E-state index < -0.39 is 0 Å². The monoisotopic (exact) mass is 506 g/mol. The fourth-order valence-electron chi connectivity index (χ4n) is 6.20. The number of amides is 1. The minimum Gasteiger partial charge on any atom is -0.494 e. The smallest absolute Gasteiger partial charge is 0.210 e. The van der Waals surface area contributed by atoms with Crippen molar-refractivity contribution in [2.45, 2.75) is 45.1 Å². The zero-order valence-electron chi connectivity index (χ0n) is 20.8. The number of morpholine rings is 1. The van der Waals surface area contributed by atoms with Crippen LogP contribution in [0.1, 0.15) is 37.1 Å². The molecule has 1 fully saturated rings. The van der Waals surface area contributed by atoms with Crippen molar-refractivity contribution < 1.29 is 14.3 Å². The number of carbonyl (C=O) groups excluding carboxylic acids is 1. The number of carbonyl (C=O) groups is 1. The van der Waals surface area contributed by atoms with E-state index in [9.17, 15) is 4.79 Å². The fourth-order valence-corrected chi connectivity index (χ4v) is 7.53. The Morgan fingerprint density at radius 1 is 1.36 bits per heavy atom. The molecule has 10 heteroatoms. The van der Waals surface area contributed by atoms with E-state index in [4.69, 9.17) is 9.47 Å². The van der Waals surface area contributed by atoms with Crippen LogP contribution in [0, 0.1) is 5.41 Å². The highest BCUT2D eigenvalue weighted by molar-refractivity contribution is 7.19. The summed E-state index contributed by atoms with van der Waals surface area (Å²) in [7, 11) is 1.66. The van der Waals surface area contributed by atoms with Gasteiger partial charge in [-0.15, -0.1) is 11.3 Å². The molecule has 1 saturated heterocycles. The summed E-state index contributed by atoms with van der Waals surface area (Å²) < 4.78 is 11.6. The molecule has 36 heavy (non-hydrogen) atoms. The highest BCUT2D eigenvalue weighted by atomic mass is 32.1. The van der Waals surface area contributed by atoms with Crippen LogP contribution in [0.4, 0.5) is 11.5 Å². The number of H-pyrrole nitrogens is 1. The average molecular weight is 507 g/mol. The largest absolute Gasteiger partial charge is 0.494 e. The number of nitrogens with one attached hydrogen (secondary N) is 2. The number of aromatic amines is 1. The van der Waals surface area contributed by atoms with Gasteiger partial charge in [0.25, 0.3) is 0 Å². The molecular weight excluding hydrogens is 476 g/mol. The highest BCUT2D eigenvalue weighted by Crippen LogP contribution is 2.53. The number of anilines is 2. The molecule has 0 bridgehead atoms. The number of hydrogen-bond acceptors (Lipinski definition) is 8. The number of ether oxygens (including phenoxy) is 2. The maximum absolute atomic E-state index is 12.0. The molecule has 188 valence electrons. The van der Waals surface area contributed by atoms with Crippen molar-refractivity contribution in [2.75, 3.05) is 32.2 Å². The average Bonchev–Trinajstić information content (AvgIpc) is 3.51. The first-order valence-corrected chi connectivity index (χ1v) is 13.2. The van der Waals surface area contributed by atoms with Crippen molar-refractivity contribution >= 4 is 50.4 Å². The predicted molar refractivity (Wildman–Crippen MR) is 140 cm³/mol. The van der Waals surface area contributed by atoms with E-state index in [0.29, 0.717) is 25.5 Å². The summed E-state index contributed by atoms with van der Waals surface area (Å²) in [4.78, 5) is 25.6. The van der Waals surface area contributed by atoms with Gasteiger partial charge < -0.3 is 19.7 Å². The topological polar surface area (TPSA) is 105 Å². The summed E-state index contributed by atoms with van der Waals surface area (Å²) in [5, 5.41) is 12.7. The lowest BCUT2D eigenvalue weighted by molar-refractivity contribution is -0.153. The molecule has 2 N–H and O–H groups in total. The molecule has 4 heterocycles. The van der Waals surface area contributed by atoms with Crippen LogP contribution in [0.25, 0.3) is 21.1 Å². The Morgan fingerprint density at radius 2 is 2.25 bits per heavy atom. The molecule has 2 atom stereocenters. The second kappa shape index (κ2) is 8.70. The molecule has 1 aromatic carbocycles. The van der Waals surface area contributed by atoms with Crippen LogP contribution in [0.15, 0.2) is 24.7 Å². The fraction of sp³-hybridized carbons (Fsp3) is 0.462. The second-order valence-corrected chi connectivity index (χ2v) is 11.1. The second-order valence-electron chi connectivity index (χ2n) is 9.98. The van der Waals surface area contributed by atoms with Gasteiger partial charge in [0.15, 0.2) is 0 Å². The molecule has 0 spiro atoms. The summed E-state index contributed by atoms with van der Waals surface area (Å²) in [6, 6.07) is 3.96. The minimum atomic E-state index is -0.338. The van der Waals surface area contributed by atoms with Gasteiger partial charge in [-0.2, -0.15) is 5.10 Å². The number of hydrogen-bond donors (Lipinski definition) is 2. The van der Waals surface area contributed by atoms with Crippen LogP contribution in [-0.2, 0) is 22.4 Å². The summed E-state index contributed by atoms with van der Waals surface area (Å²) in [6.45, 7) is 6.26. The summed E-state index contributed by atoms with van der Waals surface area (Å²) in [5.41, 5.74) is 2.66. The van der Waals surface area contributed by atoms with Crippen LogP contribution < -0.4 is 10.1 Å². The van der Waals surface area contributed by atoms with E-state index in [2.05, 4.69) is 39.3 Å². The van der Waals surface area contributed by atoms with E-state index in [1.807, 2.05) is 17.0 Å². The first-order chi connectivity index (χ1) is 17.5. The quantitative estimate of drug-likeness (QED) is 0.372. The number of aromatic nitrogens is 4. The lowest BCUT2D eigenvalue weighted by Gasteiger charge is -2.56. The lowest BCUT2D eigenvalue weighted by atomic mass is 9.60. The first-order valence-electron chi connectivity index (χ1n) is 12.3. The molecule has 1 aliphatic carbocycles. The minimum absolute atomic E-state index is 0.0568. The third-order valence-electron chi connectivity index (χ3n) is 8.48. The van der Waals surface area contributed by atoms with Gasteiger partial charge in [-0.05, 0) is 44.2 Å². The number of methoxy groups -OCH3 is 1. The Hall–Kier alpha value is -3.24. The van der Waals surface area contributed by atoms with Crippen molar-refractivity contribution in [1.29, 1.82) is 0 Å². The van der Waals surface area contributed by atoms with Crippen molar-refractivity contribution in [3.8, 4) is 5.75 Å². The van der Waals surface area contributed by atoms with Crippen LogP contribution in [0.2, 0.25) is 0 Å². The van der Waals surface area contributed by atoms with Crippen molar-refractivity contribution in [3.05, 3.63) is 35.1 Å².